The monoisotopic (exact) mass is 229 g/mol. The molecule has 0 bridgehead atoms. The van der Waals surface area contributed by atoms with Gasteiger partial charge in [0.15, 0.2) is 0 Å². The van der Waals surface area contributed by atoms with E-state index < -0.39 is 0 Å². The predicted octanol–water partition coefficient (Wildman–Crippen LogP) is 1.84. The van der Waals surface area contributed by atoms with Crippen LogP contribution in [0.2, 0.25) is 0 Å². The van der Waals surface area contributed by atoms with Crippen LogP contribution in [0.5, 0.6) is 0 Å². The van der Waals surface area contributed by atoms with Crippen molar-refractivity contribution in [3.05, 3.63) is 35.3 Å². The summed E-state index contributed by atoms with van der Waals surface area (Å²) in [5, 5.41) is 3.01. The molecule has 1 aliphatic carbocycles. The van der Waals surface area contributed by atoms with E-state index in [4.69, 9.17) is 0 Å². The molecule has 2 aromatic heterocycles. The highest BCUT2D eigenvalue weighted by molar-refractivity contribution is 5.95. The van der Waals surface area contributed by atoms with Gasteiger partial charge >= 0.3 is 0 Å². The highest BCUT2D eigenvalue weighted by Gasteiger charge is 2.26. The molecule has 0 saturated heterocycles. The highest BCUT2D eigenvalue weighted by atomic mass is 16.2. The minimum Gasteiger partial charge on any atom is -0.348 e. The number of aryl methyl sites for hydroxylation is 2. The Bertz CT molecular complexity index is 596. The van der Waals surface area contributed by atoms with E-state index in [1.807, 2.05) is 36.6 Å². The summed E-state index contributed by atoms with van der Waals surface area (Å²) >= 11 is 0. The Kier molecular flexibility index (Phi) is 2.18. The Balaban J connectivity index is 2.09. The minimum atomic E-state index is -0.0110. The van der Waals surface area contributed by atoms with Crippen molar-refractivity contribution in [1.82, 2.24) is 14.7 Å². The Morgan fingerprint density at radius 2 is 2.18 bits per heavy atom. The summed E-state index contributed by atoms with van der Waals surface area (Å²) in [6.07, 6.45) is 4.15. The number of nitrogens with one attached hydrogen (secondary N) is 1. The van der Waals surface area contributed by atoms with Gasteiger partial charge in [0.1, 0.15) is 11.3 Å². The van der Waals surface area contributed by atoms with Crippen molar-refractivity contribution in [3.63, 3.8) is 0 Å². The maximum absolute atomic E-state index is 12.1. The molecule has 3 rings (SSSR count). The maximum atomic E-state index is 12.1. The summed E-state index contributed by atoms with van der Waals surface area (Å²) in [6, 6.07) is 4.32. The molecule has 0 atom stereocenters. The van der Waals surface area contributed by atoms with Crippen molar-refractivity contribution in [2.24, 2.45) is 0 Å². The number of nitrogens with zero attached hydrogens (tertiary/aromatic N) is 2. The Morgan fingerprint density at radius 3 is 2.88 bits per heavy atom. The smallest absolute Gasteiger partial charge is 0.270 e. The molecule has 4 heteroatoms. The number of aromatic nitrogens is 2. The molecule has 0 spiro atoms. The topological polar surface area (TPSA) is 46.4 Å². The Hall–Kier alpha value is -1.84. The molecular weight excluding hydrogens is 214 g/mol. The number of carbonyl (C=O) groups is 1. The lowest BCUT2D eigenvalue weighted by atomic mass is 10.3. The number of imidazole rings is 1. The molecule has 1 fully saturated rings. The van der Waals surface area contributed by atoms with Crippen molar-refractivity contribution in [1.29, 1.82) is 0 Å². The summed E-state index contributed by atoms with van der Waals surface area (Å²) in [5.41, 5.74) is 3.40. The second-order valence-electron chi connectivity index (χ2n) is 4.73. The van der Waals surface area contributed by atoms with Crippen LogP contribution >= 0.6 is 0 Å². The molecular formula is C13H15N3O. The normalized spacial score (nSPS) is 15.2. The fourth-order valence-electron chi connectivity index (χ4n) is 2.02. The van der Waals surface area contributed by atoms with Crippen LogP contribution in [0.1, 0.15) is 34.6 Å². The average Bonchev–Trinajstić information content (AvgIpc) is 3.00. The van der Waals surface area contributed by atoms with Crippen LogP contribution in [-0.4, -0.2) is 21.3 Å². The molecule has 1 aliphatic rings. The zero-order chi connectivity index (χ0) is 12.0. The van der Waals surface area contributed by atoms with Gasteiger partial charge in [-0.3, -0.25) is 9.20 Å². The lowest BCUT2D eigenvalue weighted by Crippen LogP contribution is -2.27. The number of fused-ring (bicyclic) bond motifs is 1. The number of rotatable bonds is 2. The van der Waals surface area contributed by atoms with Gasteiger partial charge in [-0.15, -0.1) is 0 Å². The van der Waals surface area contributed by atoms with Gasteiger partial charge < -0.3 is 5.32 Å². The third kappa shape index (κ3) is 1.79. The molecule has 1 amide bonds. The van der Waals surface area contributed by atoms with Gasteiger partial charge in [-0.05, 0) is 38.3 Å². The number of carbonyl (C=O) groups excluding carboxylic acids is 1. The van der Waals surface area contributed by atoms with Crippen molar-refractivity contribution in [3.8, 4) is 0 Å². The van der Waals surface area contributed by atoms with Gasteiger partial charge in [-0.25, -0.2) is 4.98 Å². The lowest BCUT2D eigenvalue weighted by molar-refractivity contribution is 0.0944. The third-order valence-electron chi connectivity index (χ3n) is 3.07. The molecule has 2 aromatic rings. The van der Waals surface area contributed by atoms with E-state index in [-0.39, 0.29) is 5.91 Å². The number of pyridine rings is 1. The molecule has 4 nitrogen and oxygen atoms in total. The van der Waals surface area contributed by atoms with Crippen molar-refractivity contribution >= 4 is 11.6 Å². The fourth-order valence-corrected chi connectivity index (χ4v) is 2.02. The summed E-state index contributed by atoms with van der Waals surface area (Å²) in [7, 11) is 0. The molecule has 1 N–H and O–H groups in total. The average molecular weight is 229 g/mol. The number of hydrogen-bond donors (Lipinski definition) is 1. The van der Waals surface area contributed by atoms with E-state index in [9.17, 15) is 4.79 Å². The Labute approximate surface area is 99.7 Å². The number of amides is 1. The fraction of sp³-hybridized carbons (Fsp3) is 0.385. The standard InChI is InChI=1S/C13H15N3O/c1-8-3-6-11-14-9(2)12(16(11)7-8)13(17)15-10-4-5-10/h3,6-7,10H,4-5H2,1-2H3,(H,15,17). The van der Waals surface area contributed by atoms with Gasteiger partial charge in [-0.1, -0.05) is 6.07 Å². The molecule has 0 aromatic carbocycles. The molecule has 88 valence electrons. The summed E-state index contributed by atoms with van der Waals surface area (Å²) in [4.78, 5) is 16.5. The zero-order valence-corrected chi connectivity index (χ0v) is 10.0. The Morgan fingerprint density at radius 1 is 1.41 bits per heavy atom. The van der Waals surface area contributed by atoms with E-state index >= 15 is 0 Å². The molecule has 2 heterocycles. The maximum Gasteiger partial charge on any atom is 0.270 e. The van der Waals surface area contributed by atoms with Gasteiger partial charge in [-0.2, -0.15) is 0 Å². The van der Waals surface area contributed by atoms with Crippen LogP contribution in [0.25, 0.3) is 5.65 Å². The van der Waals surface area contributed by atoms with E-state index in [0.717, 1.165) is 29.7 Å². The lowest BCUT2D eigenvalue weighted by Gasteiger charge is -2.04. The van der Waals surface area contributed by atoms with Crippen LogP contribution in [0.4, 0.5) is 0 Å². The van der Waals surface area contributed by atoms with Crippen LogP contribution in [0.15, 0.2) is 18.3 Å². The van der Waals surface area contributed by atoms with Crippen LogP contribution in [-0.2, 0) is 0 Å². The van der Waals surface area contributed by atoms with Crippen LogP contribution < -0.4 is 5.32 Å². The van der Waals surface area contributed by atoms with Gasteiger partial charge in [0.05, 0.1) is 5.69 Å². The van der Waals surface area contributed by atoms with Crippen molar-refractivity contribution in [2.45, 2.75) is 32.7 Å². The molecule has 1 saturated carbocycles. The van der Waals surface area contributed by atoms with Crippen molar-refractivity contribution in [2.75, 3.05) is 0 Å². The second-order valence-corrected chi connectivity index (χ2v) is 4.73. The summed E-state index contributed by atoms with van der Waals surface area (Å²) in [6.45, 7) is 3.89. The van der Waals surface area contributed by atoms with Crippen LogP contribution in [0.3, 0.4) is 0 Å². The van der Waals surface area contributed by atoms with Gasteiger partial charge in [0.25, 0.3) is 5.91 Å². The first kappa shape index (κ1) is 10.3. The zero-order valence-electron chi connectivity index (χ0n) is 10.0. The largest absolute Gasteiger partial charge is 0.348 e. The number of hydrogen-bond acceptors (Lipinski definition) is 2. The predicted molar refractivity (Wildman–Crippen MR) is 65.2 cm³/mol. The molecule has 0 radical (unpaired) electrons. The highest BCUT2D eigenvalue weighted by Crippen LogP contribution is 2.20. The third-order valence-corrected chi connectivity index (χ3v) is 3.07. The summed E-state index contributed by atoms with van der Waals surface area (Å²) < 4.78 is 1.88. The minimum absolute atomic E-state index is 0.0110. The summed E-state index contributed by atoms with van der Waals surface area (Å²) in [5.74, 6) is -0.0110. The quantitative estimate of drug-likeness (QED) is 0.854. The van der Waals surface area contributed by atoms with E-state index in [1.54, 1.807) is 0 Å². The van der Waals surface area contributed by atoms with E-state index in [1.165, 1.54) is 0 Å². The molecule has 0 aliphatic heterocycles. The first-order valence-corrected chi connectivity index (χ1v) is 5.91. The van der Waals surface area contributed by atoms with Crippen molar-refractivity contribution < 1.29 is 4.79 Å². The van der Waals surface area contributed by atoms with Crippen LogP contribution in [0, 0.1) is 13.8 Å². The van der Waals surface area contributed by atoms with E-state index in [2.05, 4.69) is 10.3 Å². The van der Waals surface area contributed by atoms with Gasteiger partial charge in [0.2, 0.25) is 0 Å². The second kappa shape index (κ2) is 3.58. The molecule has 0 unspecified atom stereocenters. The molecule has 17 heavy (non-hydrogen) atoms. The van der Waals surface area contributed by atoms with Gasteiger partial charge in [0, 0.05) is 12.2 Å². The first-order chi connectivity index (χ1) is 8.15. The SMILES string of the molecule is Cc1ccc2nc(C)c(C(=O)NC3CC3)n2c1. The van der Waals surface area contributed by atoms with E-state index in [0.29, 0.717) is 11.7 Å². The first-order valence-electron chi connectivity index (χ1n) is 5.91.